The molecule has 2 aromatic rings. The van der Waals surface area contributed by atoms with Crippen LogP contribution in [0.25, 0.3) is 0 Å². The van der Waals surface area contributed by atoms with Crippen molar-refractivity contribution in [3.05, 3.63) is 57.8 Å². The van der Waals surface area contributed by atoms with Crippen molar-refractivity contribution in [2.24, 2.45) is 5.92 Å². The zero-order chi connectivity index (χ0) is 26.4. The van der Waals surface area contributed by atoms with Crippen molar-refractivity contribution in [2.45, 2.75) is 70.9 Å². The van der Waals surface area contributed by atoms with Crippen LogP contribution in [0.4, 0.5) is 5.82 Å². The van der Waals surface area contributed by atoms with Gasteiger partial charge in [-0.25, -0.2) is 9.78 Å². The van der Waals surface area contributed by atoms with Gasteiger partial charge < -0.3 is 20.1 Å². The first-order valence-corrected chi connectivity index (χ1v) is 13.1. The molecule has 8 heteroatoms. The Morgan fingerprint density at radius 2 is 2.00 bits per heavy atom. The Balaban J connectivity index is 1.21. The number of anilines is 1. The number of pyridine rings is 1. The second-order valence-electron chi connectivity index (χ2n) is 10.1. The van der Waals surface area contributed by atoms with Crippen LogP contribution in [0.1, 0.15) is 70.4 Å². The van der Waals surface area contributed by atoms with Crippen LogP contribution < -0.4 is 10.6 Å². The first-order valence-electron chi connectivity index (χ1n) is 13.1. The van der Waals surface area contributed by atoms with Crippen LogP contribution in [-0.2, 0) is 27.1 Å². The average Bonchev–Trinajstić information content (AvgIpc) is 2.87. The molecule has 0 unspecified atom stereocenters. The lowest BCUT2D eigenvalue weighted by Gasteiger charge is -2.35. The maximum atomic E-state index is 12.9. The predicted octanol–water partition coefficient (Wildman–Crippen LogP) is 4.02. The van der Waals surface area contributed by atoms with Gasteiger partial charge in [0.05, 0.1) is 24.8 Å². The molecule has 2 N–H and O–H groups in total. The van der Waals surface area contributed by atoms with Gasteiger partial charge in [0.1, 0.15) is 11.9 Å². The highest BCUT2D eigenvalue weighted by Gasteiger charge is 2.31. The highest BCUT2D eigenvalue weighted by molar-refractivity contribution is 5.99. The molecule has 0 saturated heterocycles. The topological polar surface area (TPSA) is 113 Å². The van der Waals surface area contributed by atoms with Gasteiger partial charge in [-0.05, 0) is 93.2 Å². The van der Waals surface area contributed by atoms with Gasteiger partial charge >= 0.3 is 5.97 Å². The number of nitrogens with one attached hydrogen (secondary N) is 2. The SMILES string of the molecule is COC(=O)[C@H](CCOC1CC(CCc2ccc3c(n2)NCCC3)C1)NC(=O)c1c(C)cc(C#N)cc1C. The third-order valence-electron chi connectivity index (χ3n) is 7.39. The lowest BCUT2D eigenvalue weighted by atomic mass is 9.79. The van der Waals surface area contributed by atoms with Crippen LogP contribution in [0.2, 0.25) is 0 Å². The molecule has 2 heterocycles. The average molecular weight is 505 g/mol. The third-order valence-corrected chi connectivity index (χ3v) is 7.39. The summed E-state index contributed by atoms with van der Waals surface area (Å²) in [4.78, 5) is 30.1. The maximum Gasteiger partial charge on any atom is 0.328 e. The zero-order valence-electron chi connectivity index (χ0n) is 21.9. The molecule has 0 bridgehead atoms. The number of methoxy groups -OCH3 is 1. The van der Waals surface area contributed by atoms with Crippen molar-refractivity contribution in [1.29, 1.82) is 5.26 Å². The van der Waals surface area contributed by atoms with Gasteiger partial charge in [0.2, 0.25) is 0 Å². The number of aryl methyl sites for hydroxylation is 4. The van der Waals surface area contributed by atoms with E-state index in [0.717, 1.165) is 50.2 Å². The van der Waals surface area contributed by atoms with E-state index in [1.54, 1.807) is 26.0 Å². The van der Waals surface area contributed by atoms with E-state index in [9.17, 15) is 9.59 Å². The molecule has 1 aromatic carbocycles. The summed E-state index contributed by atoms with van der Waals surface area (Å²) in [5.41, 5.74) is 4.81. The Labute approximate surface area is 218 Å². The van der Waals surface area contributed by atoms with Gasteiger partial charge in [-0.15, -0.1) is 0 Å². The number of carbonyl (C=O) groups excluding carboxylic acids is 2. The number of aromatic nitrogens is 1. The van der Waals surface area contributed by atoms with Gasteiger partial charge in [0.25, 0.3) is 5.91 Å². The molecular weight excluding hydrogens is 468 g/mol. The summed E-state index contributed by atoms with van der Waals surface area (Å²) in [6.07, 6.45) is 6.85. The molecule has 1 saturated carbocycles. The number of ether oxygens (including phenoxy) is 2. The molecule has 37 heavy (non-hydrogen) atoms. The molecule has 196 valence electrons. The fraction of sp³-hybridized carbons (Fsp3) is 0.517. The van der Waals surface area contributed by atoms with Crippen molar-refractivity contribution in [1.82, 2.24) is 10.3 Å². The van der Waals surface area contributed by atoms with E-state index in [1.807, 2.05) is 0 Å². The Morgan fingerprint density at radius 3 is 2.70 bits per heavy atom. The summed E-state index contributed by atoms with van der Waals surface area (Å²) in [6.45, 7) is 4.93. The number of amides is 1. The highest BCUT2D eigenvalue weighted by atomic mass is 16.5. The summed E-state index contributed by atoms with van der Waals surface area (Å²) in [5.74, 6) is 0.813. The number of hydrogen-bond donors (Lipinski definition) is 2. The summed E-state index contributed by atoms with van der Waals surface area (Å²) >= 11 is 0. The van der Waals surface area contributed by atoms with Crippen molar-refractivity contribution >= 4 is 17.7 Å². The maximum absolute atomic E-state index is 12.9. The fourth-order valence-electron chi connectivity index (χ4n) is 5.27. The van der Waals surface area contributed by atoms with Gasteiger partial charge in [0.15, 0.2) is 0 Å². The van der Waals surface area contributed by atoms with Crippen LogP contribution in [0, 0.1) is 31.1 Å². The van der Waals surface area contributed by atoms with E-state index in [4.69, 9.17) is 19.7 Å². The first-order chi connectivity index (χ1) is 17.9. The second-order valence-corrected chi connectivity index (χ2v) is 10.1. The molecule has 1 aliphatic heterocycles. The number of rotatable bonds is 10. The minimum Gasteiger partial charge on any atom is -0.467 e. The molecule has 8 nitrogen and oxygen atoms in total. The monoisotopic (exact) mass is 504 g/mol. The van der Waals surface area contributed by atoms with E-state index in [0.29, 0.717) is 41.2 Å². The predicted molar refractivity (Wildman–Crippen MR) is 140 cm³/mol. The van der Waals surface area contributed by atoms with Crippen molar-refractivity contribution < 1.29 is 19.1 Å². The quantitative estimate of drug-likeness (QED) is 0.470. The summed E-state index contributed by atoms with van der Waals surface area (Å²) in [7, 11) is 1.31. The number of nitriles is 1. The normalized spacial score (nSPS) is 19.0. The minimum atomic E-state index is -0.800. The molecule has 1 aliphatic carbocycles. The molecular formula is C29H36N4O4. The van der Waals surface area contributed by atoms with Crippen LogP contribution in [-0.4, -0.2) is 49.3 Å². The van der Waals surface area contributed by atoms with Gasteiger partial charge in [-0.1, -0.05) is 6.07 Å². The Hall–Kier alpha value is -3.44. The highest BCUT2D eigenvalue weighted by Crippen LogP contribution is 2.34. The lowest BCUT2D eigenvalue weighted by Crippen LogP contribution is -2.43. The third kappa shape index (κ3) is 6.66. The fourth-order valence-corrected chi connectivity index (χ4v) is 5.27. The van der Waals surface area contributed by atoms with E-state index in [-0.39, 0.29) is 12.0 Å². The smallest absolute Gasteiger partial charge is 0.328 e. The Morgan fingerprint density at radius 1 is 1.24 bits per heavy atom. The van der Waals surface area contributed by atoms with Crippen LogP contribution >= 0.6 is 0 Å². The molecule has 1 atom stereocenters. The van der Waals surface area contributed by atoms with Crippen LogP contribution in [0.3, 0.4) is 0 Å². The number of carbonyl (C=O) groups is 2. The first kappa shape index (κ1) is 26.6. The van der Waals surface area contributed by atoms with E-state index in [1.165, 1.54) is 19.1 Å². The second kappa shape index (κ2) is 12.2. The molecule has 1 amide bonds. The number of fused-ring (bicyclic) bond motifs is 1. The zero-order valence-corrected chi connectivity index (χ0v) is 21.9. The number of nitrogens with zero attached hydrogens (tertiary/aromatic N) is 2. The van der Waals surface area contributed by atoms with Crippen molar-refractivity contribution in [3.8, 4) is 6.07 Å². The molecule has 2 aliphatic rings. The van der Waals surface area contributed by atoms with Crippen molar-refractivity contribution in [3.63, 3.8) is 0 Å². The van der Waals surface area contributed by atoms with E-state index < -0.39 is 12.0 Å². The largest absolute Gasteiger partial charge is 0.467 e. The molecule has 1 aromatic heterocycles. The molecule has 0 spiro atoms. The van der Waals surface area contributed by atoms with E-state index >= 15 is 0 Å². The minimum absolute atomic E-state index is 0.181. The summed E-state index contributed by atoms with van der Waals surface area (Å²) < 4.78 is 10.9. The Bertz CT molecular complexity index is 1160. The van der Waals surface area contributed by atoms with E-state index in [2.05, 4.69) is 28.8 Å². The molecule has 1 fully saturated rings. The standard InChI is InChI=1S/C29H36N4O4/c1-18-13-21(17-30)14-19(2)26(18)28(34)33-25(29(35)36-3)10-12-37-24-15-20(16-24)6-8-23-9-7-22-5-4-11-31-27(22)32-23/h7,9,13-14,20,24-25H,4-6,8,10-12,15-16H2,1-3H3,(H,31,32)(H,33,34)/t20?,24?,25-/m0/s1. The molecule has 4 rings (SSSR count). The number of esters is 1. The van der Waals surface area contributed by atoms with Crippen LogP contribution in [0.5, 0.6) is 0 Å². The van der Waals surface area contributed by atoms with Crippen molar-refractivity contribution in [2.75, 3.05) is 25.6 Å². The number of benzene rings is 1. The summed E-state index contributed by atoms with van der Waals surface area (Å²) in [6, 6.07) is 8.99. The van der Waals surface area contributed by atoms with Crippen LogP contribution in [0.15, 0.2) is 24.3 Å². The van der Waals surface area contributed by atoms with Gasteiger partial charge in [-0.3, -0.25) is 4.79 Å². The number of hydrogen-bond acceptors (Lipinski definition) is 7. The van der Waals surface area contributed by atoms with Gasteiger partial charge in [0, 0.05) is 30.8 Å². The molecule has 0 radical (unpaired) electrons. The van der Waals surface area contributed by atoms with Gasteiger partial charge in [-0.2, -0.15) is 5.26 Å². The lowest BCUT2D eigenvalue weighted by molar-refractivity contribution is -0.143. The Kier molecular flexibility index (Phi) is 8.78. The summed E-state index contributed by atoms with van der Waals surface area (Å²) in [5, 5.41) is 15.3.